The van der Waals surface area contributed by atoms with Gasteiger partial charge in [-0.3, -0.25) is 4.79 Å². The van der Waals surface area contributed by atoms with Crippen LogP contribution in [0.2, 0.25) is 5.02 Å². The summed E-state index contributed by atoms with van der Waals surface area (Å²) >= 11 is 6.14. The molecule has 0 heterocycles. The molecule has 0 atom stereocenters. The van der Waals surface area contributed by atoms with Crippen LogP contribution in [0.5, 0.6) is 11.5 Å². The number of ketones is 1. The molecule has 0 unspecified atom stereocenters. The molecule has 1 fully saturated rings. The highest BCUT2D eigenvalue weighted by Gasteiger charge is 2.65. The maximum atomic E-state index is 11.4. The largest absolute Gasteiger partial charge is 0.489 e. The SMILES string of the molecule is CC(=O)c1ccc(OC2C(C)(C)C(Oc3ccc(C#N)c(Cl)c3)C2(C)C)cc1. The van der Waals surface area contributed by atoms with Crippen LogP contribution in [-0.4, -0.2) is 18.0 Å². The predicted molar refractivity (Wildman–Crippen MR) is 109 cm³/mol. The Balaban J connectivity index is 1.77. The third-order valence-corrected chi connectivity index (χ3v) is 5.85. The molecule has 0 amide bonds. The van der Waals surface area contributed by atoms with Crippen molar-refractivity contribution in [3.8, 4) is 17.6 Å². The summed E-state index contributed by atoms with van der Waals surface area (Å²) < 4.78 is 12.5. The number of halogens is 1. The zero-order chi connectivity index (χ0) is 20.7. The van der Waals surface area contributed by atoms with Crippen molar-refractivity contribution in [2.45, 2.75) is 46.8 Å². The highest BCUT2D eigenvalue weighted by atomic mass is 35.5. The lowest BCUT2D eigenvalue weighted by Gasteiger charge is -2.62. The van der Waals surface area contributed by atoms with Gasteiger partial charge in [0.1, 0.15) is 29.8 Å². The van der Waals surface area contributed by atoms with Crippen molar-refractivity contribution in [1.29, 1.82) is 5.26 Å². The zero-order valence-corrected chi connectivity index (χ0v) is 17.5. The molecule has 1 saturated carbocycles. The van der Waals surface area contributed by atoms with Crippen molar-refractivity contribution < 1.29 is 14.3 Å². The van der Waals surface area contributed by atoms with Gasteiger partial charge >= 0.3 is 0 Å². The molecule has 0 saturated heterocycles. The molecule has 4 nitrogen and oxygen atoms in total. The second kappa shape index (κ2) is 7.14. The number of nitriles is 1. The summed E-state index contributed by atoms with van der Waals surface area (Å²) in [6.07, 6.45) is -0.160. The van der Waals surface area contributed by atoms with Crippen LogP contribution < -0.4 is 9.47 Å². The summed E-state index contributed by atoms with van der Waals surface area (Å²) in [5.74, 6) is 1.40. The molecule has 0 spiro atoms. The monoisotopic (exact) mass is 397 g/mol. The molecule has 2 aromatic carbocycles. The molecule has 0 bridgehead atoms. The van der Waals surface area contributed by atoms with E-state index < -0.39 is 0 Å². The van der Waals surface area contributed by atoms with Crippen molar-refractivity contribution >= 4 is 17.4 Å². The lowest BCUT2D eigenvalue weighted by molar-refractivity contribution is -0.224. The Morgan fingerprint density at radius 1 is 0.964 bits per heavy atom. The number of carbonyl (C=O) groups excluding carboxylic acids is 1. The molecular weight excluding hydrogens is 374 g/mol. The maximum absolute atomic E-state index is 11.4. The normalized spacial score (nSPS) is 21.9. The van der Waals surface area contributed by atoms with Crippen molar-refractivity contribution in [1.82, 2.24) is 0 Å². The summed E-state index contributed by atoms with van der Waals surface area (Å²) in [5, 5.41) is 9.41. The van der Waals surface area contributed by atoms with Gasteiger partial charge in [-0.25, -0.2) is 0 Å². The molecule has 0 N–H and O–H groups in total. The van der Waals surface area contributed by atoms with Crippen molar-refractivity contribution in [3.63, 3.8) is 0 Å². The van der Waals surface area contributed by atoms with Gasteiger partial charge in [0.05, 0.1) is 10.6 Å². The third kappa shape index (κ3) is 3.47. The van der Waals surface area contributed by atoms with Crippen LogP contribution in [0.1, 0.15) is 50.5 Å². The van der Waals surface area contributed by atoms with E-state index in [4.69, 9.17) is 26.3 Å². The molecule has 1 aliphatic rings. The van der Waals surface area contributed by atoms with Crippen LogP contribution >= 0.6 is 11.6 Å². The van der Waals surface area contributed by atoms with Gasteiger partial charge in [-0.05, 0) is 43.3 Å². The summed E-state index contributed by atoms with van der Waals surface area (Å²) in [4.78, 5) is 11.4. The zero-order valence-electron chi connectivity index (χ0n) is 16.7. The summed E-state index contributed by atoms with van der Waals surface area (Å²) in [6, 6.07) is 14.4. The number of Topliss-reactive ketones (excluding diaryl/α,β-unsaturated/α-hetero) is 1. The van der Waals surface area contributed by atoms with Gasteiger partial charge in [0.15, 0.2) is 5.78 Å². The van der Waals surface area contributed by atoms with Gasteiger partial charge in [0.25, 0.3) is 0 Å². The summed E-state index contributed by atoms with van der Waals surface area (Å²) in [5.41, 5.74) is 0.599. The lowest BCUT2D eigenvalue weighted by Crippen LogP contribution is -2.71. The first-order chi connectivity index (χ1) is 13.1. The Hall–Kier alpha value is -2.51. The van der Waals surface area contributed by atoms with Crippen molar-refractivity contribution in [2.24, 2.45) is 10.8 Å². The number of benzene rings is 2. The highest BCUT2D eigenvalue weighted by Crippen LogP contribution is 2.57. The van der Waals surface area contributed by atoms with Gasteiger partial charge in [-0.2, -0.15) is 5.26 Å². The molecule has 146 valence electrons. The first-order valence-electron chi connectivity index (χ1n) is 9.21. The minimum Gasteiger partial charge on any atom is -0.489 e. The Morgan fingerprint density at radius 3 is 1.93 bits per heavy atom. The fourth-order valence-electron chi connectivity index (χ4n) is 4.40. The van der Waals surface area contributed by atoms with E-state index in [1.54, 1.807) is 37.3 Å². The number of ether oxygens (including phenoxy) is 2. The number of hydrogen-bond donors (Lipinski definition) is 0. The lowest BCUT2D eigenvalue weighted by atomic mass is 9.51. The third-order valence-electron chi connectivity index (χ3n) is 5.53. The summed E-state index contributed by atoms with van der Waals surface area (Å²) in [7, 11) is 0. The number of nitrogens with zero attached hydrogens (tertiary/aromatic N) is 1. The van der Waals surface area contributed by atoms with E-state index >= 15 is 0 Å². The van der Waals surface area contributed by atoms with Crippen LogP contribution in [-0.2, 0) is 0 Å². The number of carbonyl (C=O) groups is 1. The highest BCUT2D eigenvalue weighted by molar-refractivity contribution is 6.31. The minimum absolute atomic E-state index is 0.0328. The van der Waals surface area contributed by atoms with Crippen LogP contribution in [0, 0.1) is 22.2 Å². The fraction of sp³-hybridized carbons (Fsp3) is 0.391. The molecule has 0 aromatic heterocycles. The molecule has 28 heavy (non-hydrogen) atoms. The van der Waals surface area contributed by atoms with E-state index in [1.807, 2.05) is 12.1 Å². The van der Waals surface area contributed by atoms with Crippen LogP contribution in [0.4, 0.5) is 0 Å². The fourth-order valence-corrected chi connectivity index (χ4v) is 4.62. The van der Waals surface area contributed by atoms with Crippen LogP contribution in [0.15, 0.2) is 42.5 Å². The Morgan fingerprint density at radius 2 is 1.46 bits per heavy atom. The van der Waals surface area contributed by atoms with Crippen LogP contribution in [0.3, 0.4) is 0 Å². The van der Waals surface area contributed by atoms with Gasteiger partial charge in [-0.1, -0.05) is 39.3 Å². The standard InChI is InChI=1S/C23H24ClNO3/c1-14(26)15-6-9-17(10-7-15)27-20-22(2,3)21(23(20,4)5)28-18-11-8-16(13-25)19(24)12-18/h6-12,20-21H,1-5H3. The number of hydrogen-bond acceptors (Lipinski definition) is 4. The van der Waals surface area contributed by atoms with E-state index in [0.717, 1.165) is 5.75 Å². The molecule has 2 aromatic rings. The average molecular weight is 398 g/mol. The molecule has 0 radical (unpaired) electrons. The topological polar surface area (TPSA) is 59.3 Å². The first kappa shape index (κ1) is 20.2. The van der Waals surface area contributed by atoms with E-state index in [0.29, 0.717) is 21.9 Å². The van der Waals surface area contributed by atoms with Crippen molar-refractivity contribution in [3.05, 3.63) is 58.6 Å². The smallest absolute Gasteiger partial charge is 0.159 e. The van der Waals surface area contributed by atoms with Gasteiger partial charge in [-0.15, -0.1) is 0 Å². The molecule has 0 aliphatic heterocycles. The molecule has 3 rings (SSSR count). The van der Waals surface area contributed by atoms with Gasteiger partial charge < -0.3 is 9.47 Å². The predicted octanol–water partition coefficient (Wildman–Crippen LogP) is 5.68. The Kier molecular flexibility index (Phi) is 5.16. The van der Waals surface area contributed by atoms with E-state index in [2.05, 4.69) is 33.8 Å². The van der Waals surface area contributed by atoms with Crippen molar-refractivity contribution in [2.75, 3.05) is 0 Å². The average Bonchev–Trinajstić information content (AvgIpc) is 2.64. The maximum Gasteiger partial charge on any atom is 0.159 e. The second-order valence-corrected chi connectivity index (χ2v) is 8.88. The minimum atomic E-state index is -0.247. The molecule has 1 aliphatic carbocycles. The first-order valence-corrected chi connectivity index (χ1v) is 9.59. The van der Waals surface area contributed by atoms with Gasteiger partial charge in [0.2, 0.25) is 0 Å². The van der Waals surface area contributed by atoms with E-state index in [-0.39, 0.29) is 28.8 Å². The second-order valence-electron chi connectivity index (χ2n) is 8.47. The summed E-state index contributed by atoms with van der Waals surface area (Å²) in [6.45, 7) is 10.0. The van der Waals surface area contributed by atoms with E-state index in [9.17, 15) is 4.79 Å². The van der Waals surface area contributed by atoms with Gasteiger partial charge in [0, 0.05) is 22.5 Å². The Labute approximate surface area is 171 Å². The van der Waals surface area contributed by atoms with E-state index in [1.165, 1.54) is 0 Å². The van der Waals surface area contributed by atoms with Crippen LogP contribution in [0.25, 0.3) is 0 Å². The molecular formula is C23H24ClNO3. The Bertz CT molecular complexity index is 925. The molecule has 5 heteroatoms. The number of rotatable bonds is 5. The quantitative estimate of drug-likeness (QED) is 0.609.